The summed E-state index contributed by atoms with van der Waals surface area (Å²) in [6.45, 7) is 0.834. The van der Waals surface area contributed by atoms with Gasteiger partial charge in [-0.05, 0) is 42.7 Å². The van der Waals surface area contributed by atoms with Gasteiger partial charge in [-0.15, -0.1) is 0 Å². The number of anilines is 1. The van der Waals surface area contributed by atoms with E-state index in [0.29, 0.717) is 49.4 Å². The number of hydrogen-bond acceptors (Lipinski definition) is 5. The molecule has 1 atom stereocenters. The molecule has 1 aliphatic heterocycles. The lowest BCUT2D eigenvalue weighted by atomic mass is 10.1. The van der Waals surface area contributed by atoms with E-state index in [1.807, 2.05) is 6.07 Å². The Morgan fingerprint density at radius 1 is 1.26 bits per heavy atom. The predicted octanol–water partition coefficient (Wildman–Crippen LogP) is 2.27. The van der Waals surface area contributed by atoms with Crippen LogP contribution < -0.4 is 16.0 Å². The molecule has 2 amide bonds. The largest absolute Gasteiger partial charge is 0.369 e. The van der Waals surface area contributed by atoms with Gasteiger partial charge < -0.3 is 16.0 Å². The molecule has 0 radical (unpaired) electrons. The number of aromatic amines is 1. The molecule has 0 saturated carbocycles. The second kappa shape index (κ2) is 9.38. The average Bonchev–Trinajstić information content (AvgIpc) is 3.44. The quantitative estimate of drug-likeness (QED) is 0.445. The number of carbonyl (C=O) groups is 2. The second-order valence-corrected chi connectivity index (χ2v) is 7.40. The maximum Gasteiger partial charge on any atom is 0.255 e. The van der Waals surface area contributed by atoms with E-state index in [-0.39, 0.29) is 23.7 Å². The molecule has 4 rings (SSSR count). The number of nitrogens with zero attached hydrogens (tertiary/aromatic N) is 2. The maximum absolute atomic E-state index is 13.4. The maximum atomic E-state index is 13.4. The number of aromatic nitrogens is 3. The Balaban J connectivity index is 1.47. The molecule has 1 aromatic carbocycles. The molecular weight excluding hydrogens is 399 g/mol. The molecule has 8 nitrogen and oxygen atoms in total. The zero-order valence-corrected chi connectivity index (χ0v) is 16.8. The minimum absolute atomic E-state index is 0.00471. The van der Waals surface area contributed by atoms with Crippen molar-refractivity contribution in [2.75, 3.05) is 18.4 Å². The van der Waals surface area contributed by atoms with Gasteiger partial charge in [0.25, 0.3) is 5.91 Å². The molecule has 31 heavy (non-hydrogen) atoms. The number of H-pyrrole nitrogens is 1. The molecule has 0 unspecified atom stereocenters. The normalized spacial score (nSPS) is 15.5. The van der Waals surface area contributed by atoms with Gasteiger partial charge in [-0.1, -0.05) is 12.1 Å². The number of carbonyl (C=O) groups excluding carboxylic acids is 2. The summed E-state index contributed by atoms with van der Waals surface area (Å²) >= 11 is 0. The predicted molar refractivity (Wildman–Crippen MR) is 114 cm³/mol. The van der Waals surface area contributed by atoms with E-state index in [1.165, 1.54) is 12.1 Å². The molecule has 9 heteroatoms. The minimum atomic E-state index is -0.281. The monoisotopic (exact) mass is 422 g/mol. The van der Waals surface area contributed by atoms with Crippen molar-refractivity contribution >= 4 is 17.6 Å². The lowest BCUT2D eigenvalue weighted by Crippen LogP contribution is -2.38. The van der Waals surface area contributed by atoms with Gasteiger partial charge in [0.1, 0.15) is 11.6 Å². The summed E-state index contributed by atoms with van der Waals surface area (Å²) in [4.78, 5) is 28.8. The molecule has 0 spiro atoms. The standard InChI is InChI=1S/C22H23FN6O2/c23-16-3-1-2-14(10-16)8-9-24-21-18(5-6-19(29-21)15-11-26-27-12-15)22(31)25-13-17-4-7-20(30)28-17/h1-3,5-6,10-12,17H,4,7-9,13H2,(H,24,29)(H,25,31)(H,26,27)(H,28,30)/t17-/m1/s1. The van der Waals surface area contributed by atoms with Crippen molar-refractivity contribution in [3.05, 3.63) is 65.7 Å². The van der Waals surface area contributed by atoms with Crippen LogP contribution in [0.3, 0.4) is 0 Å². The van der Waals surface area contributed by atoms with Gasteiger partial charge in [-0.2, -0.15) is 5.10 Å². The Morgan fingerprint density at radius 3 is 2.90 bits per heavy atom. The van der Waals surface area contributed by atoms with Crippen LogP contribution in [0.5, 0.6) is 0 Å². The molecule has 1 aliphatic rings. The molecule has 2 aromatic heterocycles. The third kappa shape index (κ3) is 5.25. The van der Waals surface area contributed by atoms with E-state index in [9.17, 15) is 14.0 Å². The van der Waals surface area contributed by atoms with Crippen molar-refractivity contribution in [3.8, 4) is 11.3 Å². The highest BCUT2D eigenvalue weighted by Crippen LogP contribution is 2.21. The van der Waals surface area contributed by atoms with Crippen molar-refractivity contribution in [1.29, 1.82) is 0 Å². The van der Waals surface area contributed by atoms with Crippen molar-refractivity contribution < 1.29 is 14.0 Å². The zero-order valence-electron chi connectivity index (χ0n) is 16.8. The summed E-state index contributed by atoms with van der Waals surface area (Å²) in [7, 11) is 0. The molecule has 1 fully saturated rings. The van der Waals surface area contributed by atoms with Crippen molar-refractivity contribution in [1.82, 2.24) is 25.8 Å². The Bertz CT molecular complexity index is 1070. The van der Waals surface area contributed by atoms with Gasteiger partial charge in [0.05, 0.1) is 17.5 Å². The third-order valence-electron chi connectivity index (χ3n) is 5.12. The van der Waals surface area contributed by atoms with Gasteiger partial charge in [0.2, 0.25) is 5.91 Å². The first-order chi connectivity index (χ1) is 15.1. The Morgan fingerprint density at radius 2 is 2.16 bits per heavy atom. The van der Waals surface area contributed by atoms with Crippen molar-refractivity contribution in [2.45, 2.75) is 25.3 Å². The first-order valence-corrected chi connectivity index (χ1v) is 10.1. The highest BCUT2D eigenvalue weighted by molar-refractivity contribution is 5.99. The number of nitrogens with one attached hydrogen (secondary N) is 4. The third-order valence-corrected chi connectivity index (χ3v) is 5.12. The SMILES string of the molecule is O=C1CC[C@H](CNC(=O)c2ccc(-c3cn[nH]c3)nc2NCCc2cccc(F)c2)N1. The van der Waals surface area contributed by atoms with Crippen LogP contribution in [0.2, 0.25) is 0 Å². The summed E-state index contributed by atoms with van der Waals surface area (Å²) in [6, 6.07) is 9.83. The van der Waals surface area contributed by atoms with Crippen LogP contribution in [-0.2, 0) is 11.2 Å². The van der Waals surface area contributed by atoms with Crippen LogP contribution in [0.4, 0.5) is 10.2 Å². The molecule has 160 valence electrons. The molecule has 4 N–H and O–H groups in total. The Kier molecular flexibility index (Phi) is 6.21. The van der Waals surface area contributed by atoms with E-state index >= 15 is 0 Å². The molecule has 3 heterocycles. The lowest BCUT2D eigenvalue weighted by Gasteiger charge is -2.15. The fraction of sp³-hybridized carbons (Fsp3) is 0.273. The highest BCUT2D eigenvalue weighted by atomic mass is 19.1. The topological polar surface area (TPSA) is 112 Å². The van der Waals surface area contributed by atoms with Crippen molar-refractivity contribution in [2.24, 2.45) is 0 Å². The number of benzene rings is 1. The lowest BCUT2D eigenvalue weighted by molar-refractivity contribution is -0.119. The number of hydrogen-bond donors (Lipinski definition) is 4. The van der Waals surface area contributed by atoms with Crippen LogP contribution >= 0.6 is 0 Å². The average molecular weight is 422 g/mol. The number of halogens is 1. The van der Waals surface area contributed by atoms with Gasteiger partial charge in [0.15, 0.2) is 0 Å². The van der Waals surface area contributed by atoms with E-state index < -0.39 is 0 Å². The van der Waals surface area contributed by atoms with E-state index in [1.54, 1.807) is 30.6 Å². The summed E-state index contributed by atoms with van der Waals surface area (Å²) < 4.78 is 13.4. The first-order valence-electron chi connectivity index (χ1n) is 10.1. The summed E-state index contributed by atoms with van der Waals surface area (Å²) in [5.74, 6) is -0.120. The summed E-state index contributed by atoms with van der Waals surface area (Å²) in [5, 5.41) is 15.6. The number of rotatable bonds is 8. The molecule has 1 saturated heterocycles. The van der Waals surface area contributed by atoms with Crippen LogP contribution in [0.1, 0.15) is 28.8 Å². The van der Waals surface area contributed by atoms with Gasteiger partial charge >= 0.3 is 0 Å². The van der Waals surface area contributed by atoms with E-state index in [4.69, 9.17) is 0 Å². The van der Waals surface area contributed by atoms with Crippen LogP contribution in [0, 0.1) is 5.82 Å². The highest BCUT2D eigenvalue weighted by Gasteiger charge is 2.22. The summed E-state index contributed by atoms with van der Waals surface area (Å²) in [6.07, 6.45) is 5.14. The van der Waals surface area contributed by atoms with Gasteiger partial charge in [-0.25, -0.2) is 9.37 Å². The van der Waals surface area contributed by atoms with Gasteiger partial charge in [0, 0.05) is 37.3 Å². The van der Waals surface area contributed by atoms with E-state index in [0.717, 1.165) is 11.1 Å². The van der Waals surface area contributed by atoms with Crippen molar-refractivity contribution in [3.63, 3.8) is 0 Å². The fourth-order valence-electron chi connectivity index (χ4n) is 3.49. The van der Waals surface area contributed by atoms with Crippen LogP contribution in [0.15, 0.2) is 48.8 Å². The van der Waals surface area contributed by atoms with Crippen LogP contribution in [0.25, 0.3) is 11.3 Å². The number of pyridine rings is 1. The van der Waals surface area contributed by atoms with Gasteiger partial charge in [-0.3, -0.25) is 14.7 Å². The van der Waals surface area contributed by atoms with Crippen LogP contribution in [-0.4, -0.2) is 46.1 Å². The molecule has 0 bridgehead atoms. The first kappa shape index (κ1) is 20.5. The summed E-state index contributed by atoms with van der Waals surface area (Å²) in [5.41, 5.74) is 2.72. The fourth-order valence-corrected chi connectivity index (χ4v) is 3.49. The molecular formula is C22H23FN6O2. The molecule has 0 aliphatic carbocycles. The Hall–Kier alpha value is -3.75. The second-order valence-electron chi connectivity index (χ2n) is 7.40. The number of amides is 2. The molecule has 3 aromatic rings. The Labute approximate surface area is 178 Å². The zero-order chi connectivity index (χ0) is 21.6. The van der Waals surface area contributed by atoms with E-state index in [2.05, 4.69) is 31.1 Å². The smallest absolute Gasteiger partial charge is 0.255 e. The minimum Gasteiger partial charge on any atom is -0.369 e.